The van der Waals surface area contributed by atoms with Gasteiger partial charge in [0, 0.05) is 43.8 Å². The monoisotopic (exact) mass is 502 g/mol. The molecule has 4 heterocycles. The number of aromatic amines is 2. The minimum atomic E-state index is -0.852. The van der Waals surface area contributed by atoms with Crippen molar-refractivity contribution in [2.24, 2.45) is 5.73 Å². The third-order valence-electron chi connectivity index (χ3n) is 6.10. The van der Waals surface area contributed by atoms with Crippen molar-refractivity contribution < 1.29 is 14.0 Å². The predicted octanol–water partition coefficient (Wildman–Crippen LogP) is -0.376. The smallest absolute Gasteiger partial charge is 0.295 e. The number of allylic oxidation sites excluding steroid dienone is 1. The lowest BCUT2D eigenvalue weighted by molar-refractivity contribution is -0.126. The molecule has 0 spiro atoms. The molecule has 4 N–H and O–H groups in total. The lowest BCUT2D eigenvalue weighted by atomic mass is 10.1. The van der Waals surface area contributed by atoms with Crippen LogP contribution in [0.1, 0.15) is 16.1 Å². The highest BCUT2D eigenvalue weighted by atomic mass is 19.1. The fourth-order valence-electron chi connectivity index (χ4n) is 4.19. The molecule has 37 heavy (non-hydrogen) atoms. The summed E-state index contributed by atoms with van der Waals surface area (Å²) in [5, 5.41) is 18.5. The summed E-state index contributed by atoms with van der Waals surface area (Å²) in [7, 11) is 0. The SMILES string of the molecule is C=C/C(F)=c1/c(C(=O)C(=O)N2CCN(c3nnnn3-c3ccccc3)CC2)c[nH]/c1=C(/N)c1ccn[nH]1. The molecule has 0 aliphatic carbocycles. The molecule has 1 aliphatic heterocycles. The molecule has 1 aromatic carbocycles. The van der Waals surface area contributed by atoms with E-state index in [2.05, 4.69) is 37.3 Å². The summed E-state index contributed by atoms with van der Waals surface area (Å²) in [6.07, 6.45) is 3.73. The average Bonchev–Trinajstić information content (AvgIpc) is 3.73. The van der Waals surface area contributed by atoms with E-state index in [-0.39, 0.29) is 34.9 Å². The number of hydrogen-bond acceptors (Lipinski definition) is 8. The molecule has 1 amide bonds. The zero-order chi connectivity index (χ0) is 25.9. The van der Waals surface area contributed by atoms with Crippen LogP contribution in [0.2, 0.25) is 0 Å². The van der Waals surface area contributed by atoms with E-state index in [0.29, 0.717) is 24.7 Å². The van der Waals surface area contributed by atoms with Gasteiger partial charge in [0.05, 0.1) is 28.0 Å². The topological polar surface area (TPSA) is 155 Å². The molecule has 0 unspecified atom stereocenters. The van der Waals surface area contributed by atoms with Gasteiger partial charge in [-0.05, 0) is 34.7 Å². The molecule has 188 valence electrons. The summed E-state index contributed by atoms with van der Waals surface area (Å²) in [6, 6.07) is 11.0. The first kappa shape index (κ1) is 23.7. The van der Waals surface area contributed by atoms with Gasteiger partial charge in [-0.3, -0.25) is 14.7 Å². The molecule has 1 fully saturated rings. The molecular formula is C24H23FN10O2. The number of benzene rings is 1. The number of para-hydroxylation sites is 1. The number of rotatable bonds is 6. The summed E-state index contributed by atoms with van der Waals surface area (Å²) in [6.45, 7) is 4.78. The maximum Gasteiger partial charge on any atom is 0.295 e. The van der Waals surface area contributed by atoms with Gasteiger partial charge in [0.2, 0.25) is 5.95 Å². The minimum absolute atomic E-state index is 0.124. The normalized spacial score (nSPS) is 15.4. The van der Waals surface area contributed by atoms with Gasteiger partial charge in [0.1, 0.15) is 5.83 Å². The Kier molecular flexibility index (Phi) is 6.32. The molecule has 12 nitrogen and oxygen atoms in total. The molecule has 0 radical (unpaired) electrons. The number of hydrogen-bond donors (Lipinski definition) is 3. The highest BCUT2D eigenvalue weighted by molar-refractivity contribution is 6.42. The van der Waals surface area contributed by atoms with Crippen molar-refractivity contribution in [1.29, 1.82) is 0 Å². The van der Waals surface area contributed by atoms with Gasteiger partial charge in [-0.15, -0.1) is 0 Å². The number of anilines is 1. The number of piperazine rings is 1. The Morgan fingerprint density at radius 2 is 1.86 bits per heavy atom. The first-order valence-corrected chi connectivity index (χ1v) is 11.4. The number of carbonyl (C=O) groups excluding carboxylic acids is 2. The highest BCUT2D eigenvalue weighted by Gasteiger charge is 2.30. The van der Waals surface area contributed by atoms with Gasteiger partial charge in [-0.25, -0.2) is 4.39 Å². The average molecular weight is 503 g/mol. The lowest BCUT2D eigenvalue weighted by Gasteiger charge is -2.34. The Labute approximate surface area is 209 Å². The summed E-state index contributed by atoms with van der Waals surface area (Å²) >= 11 is 0. The van der Waals surface area contributed by atoms with Crippen LogP contribution in [0.5, 0.6) is 0 Å². The van der Waals surface area contributed by atoms with E-state index in [1.54, 1.807) is 10.7 Å². The number of aromatic nitrogens is 7. The third-order valence-corrected chi connectivity index (χ3v) is 6.10. The van der Waals surface area contributed by atoms with Crippen LogP contribution in [0.3, 0.4) is 0 Å². The van der Waals surface area contributed by atoms with Crippen LogP contribution in [0.15, 0.2) is 61.4 Å². The van der Waals surface area contributed by atoms with E-state index in [4.69, 9.17) is 5.73 Å². The third kappa shape index (κ3) is 4.37. The number of ketones is 1. The van der Waals surface area contributed by atoms with Gasteiger partial charge in [-0.2, -0.15) is 9.78 Å². The van der Waals surface area contributed by atoms with Crippen LogP contribution in [0, 0.1) is 0 Å². The Balaban J connectivity index is 1.37. The molecular weight excluding hydrogens is 479 g/mol. The number of amides is 1. The van der Waals surface area contributed by atoms with Gasteiger partial charge >= 0.3 is 0 Å². The van der Waals surface area contributed by atoms with E-state index < -0.39 is 17.5 Å². The standard InChI is InChI=1S/C24H23FN10O2/c1-2-17(25)19-16(14-27-21(19)20(26)18-8-9-28-29-18)22(36)23(37)33-10-12-34(13-11-33)24-30-31-32-35(24)15-6-4-3-5-7-15/h2-9,14,27H,1,10-13,26H2,(H,28,29)/b19-17+,21-20+. The first-order chi connectivity index (χ1) is 18.0. The van der Waals surface area contributed by atoms with Crippen molar-refractivity contribution >= 4 is 29.2 Å². The van der Waals surface area contributed by atoms with Crippen molar-refractivity contribution in [1.82, 2.24) is 40.3 Å². The molecule has 0 bridgehead atoms. The molecule has 1 saturated heterocycles. The molecule has 0 saturated carbocycles. The fraction of sp³-hybridized carbons (Fsp3) is 0.167. The molecule has 3 aromatic heterocycles. The maximum absolute atomic E-state index is 14.9. The molecule has 4 aromatic rings. The van der Waals surface area contributed by atoms with E-state index in [1.807, 2.05) is 35.2 Å². The summed E-state index contributed by atoms with van der Waals surface area (Å²) < 4.78 is 16.5. The predicted molar refractivity (Wildman–Crippen MR) is 132 cm³/mol. The van der Waals surface area contributed by atoms with Crippen molar-refractivity contribution in [2.45, 2.75) is 0 Å². The number of carbonyl (C=O) groups is 2. The van der Waals surface area contributed by atoms with Crippen molar-refractivity contribution in [3.05, 3.63) is 83.3 Å². The number of H-pyrrole nitrogens is 2. The Bertz CT molecular complexity index is 1560. The number of halogens is 1. The Hall–Kier alpha value is -5.07. The number of nitrogens with zero attached hydrogens (tertiary/aromatic N) is 7. The van der Waals surface area contributed by atoms with Crippen molar-refractivity contribution in [3.8, 4) is 5.69 Å². The largest absolute Gasteiger partial charge is 0.395 e. The second-order valence-corrected chi connectivity index (χ2v) is 8.22. The van der Waals surface area contributed by atoms with Crippen LogP contribution >= 0.6 is 0 Å². The van der Waals surface area contributed by atoms with Crippen LogP contribution in [-0.2, 0) is 4.79 Å². The number of tetrazole rings is 1. The van der Waals surface area contributed by atoms with Crippen molar-refractivity contribution in [2.75, 3.05) is 31.1 Å². The van der Waals surface area contributed by atoms with E-state index >= 15 is 0 Å². The van der Waals surface area contributed by atoms with Gasteiger partial charge in [0.15, 0.2) is 0 Å². The first-order valence-electron chi connectivity index (χ1n) is 11.4. The molecule has 5 rings (SSSR count). The van der Waals surface area contributed by atoms with Crippen LogP contribution < -0.4 is 21.2 Å². The highest BCUT2D eigenvalue weighted by Crippen LogP contribution is 2.17. The zero-order valence-electron chi connectivity index (χ0n) is 19.6. The van der Waals surface area contributed by atoms with E-state index in [9.17, 15) is 14.0 Å². The quantitative estimate of drug-likeness (QED) is 0.238. The second kappa shape index (κ2) is 9.89. The van der Waals surface area contributed by atoms with Crippen LogP contribution in [-0.4, -0.2) is 78.2 Å². The van der Waals surface area contributed by atoms with Crippen molar-refractivity contribution in [3.63, 3.8) is 0 Å². The Morgan fingerprint density at radius 1 is 1.11 bits per heavy atom. The van der Waals surface area contributed by atoms with Crippen LogP contribution in [0.4, 0.5) is 10.3 Å². The van der Waals surface area contributed by atoms with Gasteiger partial charge < -0.3 is 20.5 Å². The molecule has 1 aliphatic rings. The van der Waals surface area contributed by atoms with E-state index in [0.717, 1.165) is 11.8 Å². The van der Waals surface area contributed by atoms with Gasteiger partial charge in [0.25, 0.3) is 11.7 Å². The number of Topliss-reactive ketones (excluding diaryl/α,β-unsaturated/α-hetero) is 1. The lowest BCUT2D eigenvalue weighted by Crippen LogP contribution is -2.51. The zero-order valence-corrected chi connectivity index (χ0v) is 19.6. The van der Waals surface area contributed by atoms with Crippen LogP contribution in [0.25, 0.3) is 17.2 Å². The summed E-state index contributed by atoms with van der Waals surface area (Å²) in [5.41, 5.74) is 7.42. The number of nitrogens with one attached hydrogen (secondary N) is 2. The summed E-state index contributed by atoms with van der Waals surface area (Å²) in [5.74, 6) is -1.84. The second-order valence-electron chi connectivity index (χ2n) is 8.22. The Morgan fingerprint density at radius 3 is 2.54 bits per heavy atom. The fourth-order valence-corrected chi connectivity index (χ4v) is 4.19. The molecule has 0 atom stereocenters. The van der Waals surface area contributed by atoms with Gasteiger partial charge in [-0.1, -0.05) is 29.9 Å². The minimum Gasteiger partial charge on any atom is -0.395 e. The molecule has 13 heteroatoms. The maximum atomic E-state index is 14.9. The summed E-state index contributed by atoms with van der Waals surface area (Å²) in [4.78, 5) is 32.5. The van der Waals surface area contributed by atoms with E-state index in [1.165, 1.54) is 17.3 Å². The number of nitrogens with two attached hydrogens (primary N) is 1.